The summed E-state index contributed by atoms with van der Waals surface area (Å²) in [5, 5.41) is 1.27. The highest BCUT2D eigenvalue weighted by molar-refractivity contribution is 5.86. The Morgan fingerprint density at radius 2 is 1.37 bits per heavy atom. The molecule has 1 nitrogen and oxygen atoms in total. The molecule has 0 saturated carbocycles. The van der Waals surface area contributed by atoms with Crippen LogP contribution in [0.1, 0.15) is 25.0 Å². The van der Waals surface area contributed by atoms with Gasteiger partial charge in [-0.05, 0) is 37.1 Å². The van der Waals surface area contributed by atoms with Crippen molar-refractivity contribution in [1.29, 1.82) is 0 Å². The van der Waals surface area contributed by atoms with E-state index in [4.69, 9.17) is 0 Å². The third kappa shape index (κ3) is 2.87. The minimum Gasteiger partial charge on any atom is -0.355 e. The van der Waals surface area contributed by atoms with E-state index < -0.39 is 0 Å². The molecular weight excluding hydrogens is 230 g/mol. The summed E-state index contributed by atoms with van der Waals surface area (Å²) >= 11 is 0. The molecule has 0 atom stereocenters. The molecule has 0 aliphatic carbocycles. The number of aromatic amines is 1. The number of benzene rings is 2. The number of aryl methyl sites for hydroxylation is 2. The molecule has 98 valence electrons. The maximum absolute atomic E-state index is 3.47. The van der Waals surface area contributed by atoms with Gasteiger partial charge < -0.3 is 4.98 Å². The Kier molecular flexibility index (Phi) is 4.06. The summed E-state index contributed by atoms with van der Waals surface area (Å²) in [7, 11) is 0. The maximum atomic E-state index is 3.47. The summed E-state index contributed by atoms with van der Waals surface area (Å²) in [6.45, 7) is 8.23. The van der Waals surface area contributed by atoms with Crippen molar-refractivity contribution in [2.24, 2.45) is 0 Å². The molecule has 0 aliphatic heterocycles. The molecule has 0 spiro atoms. The third-order valence-corrected chi connectivity index (χ3v) is 3.14. The highest BCUT2D eigenvalue weighted by atomic mass is 14.7. The Morgan fingerprint density at radius 3 is 2.05 bits per heavy atom. The second-order valence-electron chi connectivity index (χ2n) is 4.64. The first-order valence-electron chi connectivity index (χ1n) is 6.89. The average Bonchev–Trinajstić information content (AvgIpc) is 2.84. The first-order valence-corrected chi connectivity index (χ1v) is 6.89. The van der Waals surface area contributed by atoms with Crippen LogP contribution >= 0.6 is 0 Å². The number of aromatic nitrogens is 1. The largest absolute Gasteiger partial charge is 0.355 e. The van der Waals surface area contributed by atoms with Crippen LogP contribution in [0.2, 0.25) is 0 Å². The summed E-state index contributed by atoms with van der Waals surface area (Å²) in [5.41, 5.74) is 6.21. The number of fused-ring (bicyclic) bond motifs is 1. The predicted molar refractivity (Wildman–Crippen MR) is 84.6 cm³/mol. The summed E-state index contributed by atoms with van der Waals surface area (Å²) in [5.74, 6) is 0. The molecule has 3 rings (SSSR count). The SMILES string of the molecule is CC.Cc1ccc(-c2cc3ccc(C)cc3[nH]2)cc1. The quantitative estimate of drug-likeness (QED) is 0.589. The molecular formula is C18H21N. The second-order valence-corrected chi connectivity index (χ2v) is 4.64. The highest BCUT2D eigenvalue weighted by Gasteiger charge is 2.02. The molecule has 0 unspecified atom stereocenters. The van der Waals surface area contributed by atoms with Gasteiger partial charge in [0.15, 0.2) is 0 Å². The van der Waals surface area contributed by atoms with Gasteiger partial charge in [0.05, 0.1) is 0 Å². The molecule has 0 amide bonds. The first-order chi connectivity index (χ1) is 9.22. The van der Waals surface area contributed by atoms with Crippen LogP contribution in [-0.4, -0.2) is 4.98 Å². The molecule has 0 saturated heterocycles. The van der Waals surface area contributed by atoms with Gasteiger partial charge in [-0.2, -0.15) is 0 Å². The lowest BCUT2D eigenvalue weighted by Crippen LogP contribution is -1.77. The average molecular weight is 251 g/mol. The monoisotopic (exact) mass is 251 g/mol. The Labute approximate surface area is 115 Å². The van der Waals surface area contributed by atoms with Crippen LogP contribution in [0.3, 0.4) is 0 Å². The van der Waals surface area contributed by atoms with E-state index in [-0.39, 0.29) is 0 Å². The minimum absolute atomic E-state index is 1.19. The van der Waals surface area contributed by atoms with Gasteiger partial charge in [0.2, 0.25) is 0 Å². The number of hydrogen-bond acceptors (Lipinski definition) is 0. The van der Waals surface area contributed by atoms with Crippen molar-refractivity contribution < 1.29 is 0 Å². The third-order valence-electron chi connectivity index (χ3n) is 3.14. The number of nitrogens with one attached hydrogen (secondary N) is 1. The molecule has 0 fully saturated rings. The maximum Gasteiger partial charge on any atom is 0.0464 e. The van der Waals surface area contributed by atoms with Gasteiger partial charge in [0, 0.05) is 16.6 Å². The fraction of sp³-hybridized carbons (Fsp3) is 0.222. The van der Waals surface area contributed by atoms with Crippen molar-refractivity contribution in [3.8, 4) is 11.3 Å². The van der Waals surface area contributed by atoms with E-state index in [1.807, 2.05) is 13.8 Å². The zero-order valence-corrected chi connectivity index (χ0v) is 12.1. The van der Waals surface area contributed by atoms with E-state index in [1.54, 1.807) is 0 Å². The Morgan fingerprint density at radius 1 is 0.737 bits per heavy atom. The van der Waals surface area contributed by atoms with Crippen molar-refractivity contribution in [2.45, 2.75) is 27.7 Å². The normalized spacial score (nSPS) is 10.1. The van der Waals surface area contributed by atoms with Gasteiger partial charge in [0.1, 0.15) is 0 Å². The number of hydrogen-bond donors (Lipinski definition) is 1. The Balaban J connectivity index is 0.000000637. The van der Waals surface area contributed by atoms with Gasteiger partial charge in [-0.1, -0.05) is 55.8 Å². The van der Waals surface area contributed by atoms with Crippen LogP contribution in [0.25, 0.3) is 22.2 Å². The summed E-state index contributed by atoms with van der Waals surface area (Å²) in [6.07, 6.45) is 0. The van der Waals surface area contributed by atoms with Crippen molar-refractivity contribution in [3.63, 3.8) is 0 Å². The van der Waals surface area contributed by atoms with Crippen molar-refractivity contribution in [1.82, 2.24) is 4.98 Å². The van der Waals surface area contributed by atoms with Gasteiger partial charge >= 0.3 is 0 Å². The van der Waals surface area contributed by atoms with Crippen molar-refractivity contribution in [3.05, 3.63) is 59.7 Å². The zero-order chi connectivity index (χ0) is 13.8. The molecule has 1 heterocycles. The van der Waals surface area contributed by atoms with Crippen LogP contribution in [0.4, 0.5) is 0 Å². The van der Waals surface area contributed by atoms with Gasteiger partial charge in [-0.25, -0.2) is 0 Å². The van der Waals surface area contributed by atoms with E-state index in [0.717, 1.165) is 0 Å². The Hall–Kier alpha value is -2.02. The minimum atomic E-state index is 1.19. The topological polar surface area (TPSA) is 15.8 Å². The smallest absolute Gasteiger partial charge is 0.0464 e. The van der Waals surface area contributed by atoms with E-state index in [9.17, 15) is 0 Å². The molecule has 2 aromatic carbocycles. The molecule has 1 heteroatoms. The summed E-state index contributed by atoms with van der Waals surface area (Å²) in [4.78, 5) is 3.47. The fourth-order valence-corrected chi connectivity index (χ4v) is 2.13. The van der Waals surface area contributed by atoms with E-state index in [2.05, 4.69) is 67.4 Å². The van der Waals surface area contributed by atoms with Crippen LogP contribution < -0.4 is 0 Å². The molecule has 0 aliphatic rings. The summed E-state index contributed by atoms with van der Waals surface area (Å²) in [6, 6.07) is 17.3. The van der Waals surface area contributed by atoms with Gasteiger partial charge in [-0.15, -0.1) is 0 Å². The molecule has 3 aromatic rings. The van der Waals surface area contributed by atoms with E-state index in [0.29, 0.717) is 0 Å². The standard InChI is InChI=1S/C16H15N.C2H6/c1-11-3-6-13(7-4-11)16-10-14-8-5-12(2)9-15(14)17-16;1-2/h3-10,17H,1-2H3;1-2H3. The zero-order valence-electron chi connectivity index (χ0n) is 12.1. The molecule has 1 aromatic heterocycles. The van der Waals surface area contributed by atoms with Crippen LogP contribution in [-0.2, 0) is 0 Å². The fourth-order valence-electron chi connectivity index (χ4n) is 2.13. The van der Waals surface area contributed by atoms with E-state index in [1.165, 1.54) is 33.3 Å². The van der Waals surface area contributed by atoms with Crippen LogP contribution in [0, 0.1) is 13.8 Å². The lowest BCUT2D eigenvalue weighted by Gasteiger charge is -1.98. The van der Waals surface area contributed by atoms with Gasteiger partial charge in [0.25, 0.3) is 0 Å². The number of H-pyrrole nitrogens is 1. The predicted octanol–water partition coefficient (Wildman–Crippen LogP) is 5.48. The molecule has 19 heavy (non-hydrogen) atoms. The van der Waals surface area contributed by atoms with Crippen LogP contribution in [0.15, 0.2) is 48.5 Å². The van der Waals surface area contributed by atoms with Crippen molar-refractivity contribution >= 4 is 10.9 Å². The molecule has 1 N–H and O–H groups in total. The number of rotatable bonds is 1. The highest BCUT2D eigenvalue weighted by Crippen LogP contribution is 2.24. The Bertz CT molecular complexity index is 660. The molecule has 0 bridgehead atoms. The van der Waals surface area contributed by atoms with E-state index >= 15 is 0 Å². The second kappa shape index (κ2) is 5.75. The van der Waals surface area contributed by atoms with Crippen LogP contribution in [0.5, 0.6) is 0 Å². The molecule has 0 radical (unpaired) electrons. The van der Waals surface area contributed by atoms with Crippen molar-refractivity contribution in [2.75, 3.05) is 0 Å². The van der Waals surface area contributed by atoms with Gasteiger partial charge in [-0.3, -0.25) is 0 Å². The lowest BCUT2D eigenvalue weighted by atomic mass is 10.1. The lowest BCUT2D eigenvalue weighted by molar-refractivity contribution is 1.41. The summed E-state index contributed by atoms with van der Waals surface area (Å²) < 4.78 is 0. The first kappa shape index (κ1) is 13.4.